The van der Waals surface area contributed by atoms with Gasteiger partial charge >= 0.3 is 5.97 Å². The van der Waals surface area contributed by atoms with Gasteiger partial charge in [-0.25, -0.2) is 4.79 Å². The summed E-state index contributed by atoms with van der Waals surface area (Å²) in [6.07, 6.45) is 2.25. The Morgan fingerprint density at radius 3 is 2.33 bits per heavy atom. The molecule has 0 atom stereocenters. The van der Waals surface area contributed by atoms with Gasteiger partial charge in [0.1, 0.15) is 0 Å². The molecule has 0 saturated heterocycles. The van der Waals surface area contributed by atoms with Gasteiger partial charge in [0.25, 0.3) is 0 Å². The van der Waals surface area contributed by atoms with Gasteiger partial charge in [-0.1, -0.05) is 19.4 Å². The van der Waals surface area contributed by atoms with E-state index in [0.29, 0.717) is 0 Å². The Kier molecular flexibility index (Phi) is 1.12. The second-order valence-corrected chi connectivity index (χ2v) is 3.07. The third kappa shape index (κ3) is 1.31. The third-order valence-corrected chi connectivity index (χ3v) is 1.67. The first kappa shape index (κ1) is 6.33. The molecule has 0 aromatic rings. The number of aliphatic carboxylic acids is 1. The van der Waals surface area contributed by atoms with E-state index in [1.165, 1.54) is 6.08 Å². The molecule has 0 aromatic carbocycles. The summed E-state index contributed by atoms with van der Waals surface area (Å²) < 4.78 is 0. The SMILES string of the molecule is CC1(C)CC1=CC(=O)O. The molecule has 50 valence electrons. The van der Waals surface area contributed by atoms with Crippen molar-refractivity contribution in [2.45, 2.75) is 20.3 Å². The molecule has 1 aliphatic rings. The number of allylic oxidation sites excluding steroid dienone is 1. The van der Waals surface area contributed by atoms with E-state index in [2.05, 4.69) is 0 Å². The van der Waals surface area contributed by atoms with E-state index in [1.807, 2.05) is 13.8 Å². The lowest BCUT2D eigenvalue weighted by Crippen LogP contribution is -1.88. The summed E-state index contributed by atoms with van der Waals surface area (Å²) in [4.78, 5) is 10.1. The molecule has 0 aromatic heterocycles. The van der Waals surface area contributed by atoms with Crippen molar-refractivity contribution < 1.29 is 9.90 Å². The van der Waals surface area contributed by atoms with E-state index in [9.17, 15) is 4.79 Å². The minimum Gasteiger partial charge on any atom is -0.478 e. The lowest BCUT2D eigenvalue weighted by molar-refractivity contribution is -0.131. The predicted molar refractivity (Wildman–Crippen MR) is 34.1 cm³/mol. The molecule has 1 N–H and O–H groups in total. The van der Waals surface area contributed by atoms with Crippen molar-refractivity contribution in [3.8, 4) is 0 Å². The van der Waals surface area contributed by atoms with Crippen LogP contribution in [0.1, 0.15) is 20.3 Å². The molecule has 0 radical (unpaired) electrons. The first-order chi connectivity index (χ1) is 4.02. The first-order valence-electron chi connectivity index (χ1n) is 2.96. The normalized spacial score (nSPS) is 26.2. The fourth-order valence-corrected chi connectivity index (χ4v) is 0.827. The second-order valence-electron chi connectivity index (χ2n) is 3.07. The summed E-state index contributed by atoms with van der Waals surface area (Å²) >= 11 is 0. The Morgan fingerprint density at radius 1 is 1.78 bits per heavy atom. The Morgan fingerprint density at radius 2 is 2.22 bits per heavy atom. The van der Waals surface area contributed by atoms with Crippen molar-refractivity contribution >= 4 is 5.97 Å². The lowest BCUT2D eigenvalue weighted by Gasteiger charge is -1.89. The Balaban J connectivity index is 2.60. The van der Waals surface area contributed by atoms with Gasteiger partial charge in [-0.15, -0.1) is 0 Å². The van der Waals surface area contributed by atoms with Gasteiger partial charge in [0.15, 0.2) is 0 Å². The van der Waals surface area contributed by atoms with Gasteiger partial charge in [0, 0.05) is 6.08 Å². The van der Waals surface area contributed by atoms with E-state index >= 15 is 0 Å². The third-order valence-electron chi connectivity index (χ3n) is 1.67. The quantitative estimate of drug-likeness (QED) is 0.539. The summed E-state index contributed by atoms with van der Waals surface area (Å²) in [6.45, 7) is 4.09. The van der Waals surface area contributed by atoms with Crippen LogP contribution in [0.15, 0.2) is 11.6 Å². The smallest absolute Gasteiger partial charge is 0.328 e. The summed E-state index contributed by atoms with van der Waals surface area (Å²) in [6, 6.07) is 0. The molecule has 1 fully saturated rings. The van der Waals surface area contributed by atoms with Gasteiger partial charge < -0.3 is 5.11 Å². The minimum absolute atomic E-state index is 0.179. The Hall–Kier alpha value is -0.790. The van der Waals surface area contributed by atoms with Crippen molar-refractivity contribution in [3.05, 3.63) is 11.6 Å². The molecule has 0 unspecified atom stereocenters. The molecular formula is C7H10O2. The summed E-state index contributed by atoms with van der Waals surface area (Å²) in [5.74, 6) is -0.824. The van der Waals surface area contributed by atoms with Gasteiger partial charge in [-0.05, 0) is 11.8 Å². The average molecular weight is 126 g/mol. The summed E-state index contributed by atoms with van der Waals surface area (Å²) in [5.41, 5.74) is 1.23. The zero-order chi connectivity index (χ0) is 7.07. The van der Waals surface area contributed by atoms with Crippen LogP contribution in [0.4, 0.5) is 0 Å². The maximum Gasteiger partial charge on any atom is 0.328 e. The van der Waals surface area contributed by atoms with Crippen molar-refractivity contribution in [1.29, 1.82) is 0 Å². The maximum absolute atomic E-state index is 10.1. The topological polar surface area (TPSA) is 37.3 Å². The summed E-state index contributed by atoms with van der Waals surface area (Å²) in [7, 11) is 0. The van der Waals surface area contributed by atoms with Crippen molar-refractivity contribution in [2.24, 2.45) is 5.41 Å². The Labute approximate surface area is 54.2 Å². The van der Waals surface area contributed by atoms with Crippen LogP contribution in [0, 0.1) is 5.41 Å². The number of carbonyl (C=O) groups is 1. The molecule has 2 nitrogen and oxygen atoms in total. The van der Waals surface area contributed by atoms with Crippen LogP contribution in [0.3, 0.4) is 0 Å². The number of hydrogen-bond donors (Lipinski definition) is 1. The largest absolute Gasteiger partial charge is 0.478 e. The van der Waals surface area contributed by atoms with Gasteiger partial charge in [0.2, 0.25) is 0 Å². The highest BCUT2D eigenvalue weighted by Crippen LogP contribution is 2.50. The van der Waals surface area contributed by atoms with Crippen molar-refractivity contribution in [2.75, 3.05) is 0 Å². The highest BCUT2D eigenvalue weighted by Gasteiger charge is 2.39. The van der Waals surface area contributed by atoms with Gasteiger partial charge in [-0.3, -0.25) is 0 Å². The second kappa shape index (κ2) is 1.59. The fraction of sp³-hybridized carbons (Fsp3) is 0.571. The number of carboxylic acids is 1. The molecule has 0 amide bonds. The highest BCUT2D eigenvalue weighted by atomic mass is 16.4. The lowest BCUT2D eigenvalue weighted by atomic mass is 10.2. The highest BCUT2D eigenvalue weighted by molar-refractivity contribution is 5.82. The van der Waals surface area contributed by atoms with E-state index in [0.717, 1.165) is 12.0 Å². The van der Waals surface area contributed by atoms with Crippen LogP contribution in [0.2, 0.25) is 0 Å². The van der Waals surface area contributed by atoms with E-state index in [1.54, 1.807) is 0 Å². The fourth-order valence-electron chi connectivity index (χ4n) is 0.827. The Bertz CT molecular complexity index is 177. The molecule has 1 saturated carbocycles. The van der Waals surface area contributed by atoms with Crippen LogP contribution in [-0.4, -0.2) is 11.1 Å². The van der Waals surface area contributed by atoms with Crippen LogP contribution in [0.5, 0.6) is 0 Å². The average Bonchev–Trinajstić information content (AvgIpc) is 2.10. The number of hydrogen-bond acceptors (Lipinski definition) is 1. The maximum atomic E-state index is 10.1. The van der Waals surface area contributed by atoms with E-state index in [-0.39, 0.29) is 5.41 Å². The summed E-state index contributed by atoms with van der Waals surface area (Å²) in [5, 5.41) is 8.28. The molecule has 9 heavy (non-hydrogen) atoms. The molecule has 0 aliphatic heterocycles. The van der Waals surface area contributed by atoms with Crippen LogP contribution >= 0.6 is 0 Å². The van der Waals surface area contributed by atoms with Gasteiger partial charge in [0.05, 0.1) is 0 Å². The molecule has 2 heteroatoms. The molecular weight excluding hydrogens is 116 g/mol. The van der Waals surface area contributed by atoms with E-state index in [4.69, 9.17) is 5.11 Å². The van der Waals surface area contributed by atoms with Crippen molar-refractivity contribution in [3.63, 3.8) is 0 Å². The zero-order valence-electron chi connectivity index (χ0n) is 5.64. The van der Waals surface area contributed by atoms with Gasteiger partial charge in [-0.2, -0.15) is 0 Å². The monoisotopic (exact) mass is 126 g/mol. The molecule has 0 bridgehead atoms. The molecule has 0 spiro atoms. The van der Waals surface area contributed by atoms with E-state index < -0.39 is 5.97 Å². The van der Waals surface area contributed by atoms with Crippen LogP contribution < -0.4 is 0 Å². The standard InChI is InChI=1S/C7H10O2/c1-7(2)4-5(7)3-6(8)9/h3H,4H2,1-2H3,(H,8,9). The number of rotatable bonds is 1. The minimum atomic E-state index is -0.824. The molecule has 1 aliphatic carbocycles. The molecule has 1 rings (SSSR count). The van der Waals surface area contributed by atoms with Crippen LogP contribution in [0.25, 0.3) is 0 Å². The number of carboxylic acid groups (broad SMARTS) is 1. The molecule has 0 heterocycles. The predicted octanol–water partition coefficient (Wildman–Crippen LogP) is 1.43. The van der Waals surface area contributed by atoms with Crippen molar-refractivity contribution in [1.82, 2.24) is 0 Å². The van der Waals surface area contributed by atoms with Crippen LogP contribution in [-0.2, 0) is 4.79 Å². The first-order valence-corrected chi connectivity index (χ1v) is 2.96. The zero-order valence-corrected chi connectivity index (χ0v) is 5.64.